The van der Waals surface area contributed by atoms with E-state index in [1.54, 1.807) is 0 Å². The summed E-state index contributed by atoms with van der Waals surface area (Å²) < 4.78 is 5.44. The smallest absolute Gasteiger partial charge is 0.193 e. The third-order valence-corrected chi connectivity index (χ3v) is 5.10. The molecule has 5 nitrogen and oxygen atoms in total. The van der Waals surface area contributed by atoms with Gasteiger partial charge in [0, 0.05) is 51.0 Å². The first-order valence-corrected chi connectivity index (χ1v) is 8.90. The second-order valence-electron chi connectivity index (χ2n) is 5.80. The fraction of sp³-hybridized carbons (Fsp3) is 0.750. The van der Waals surface area contributed by atoms with E-state index in [-0.39, 0.29) is 24.0 Å². The first-order valence-electron chi connectivity index (χ1n) is 8.08. The molecule has 1 atom stereocenters. The van der Waals surface area contributed by atoms with Crippen LogP contribution in [-0.4, -0.2) is 56.2 Å². The molecule has 1 aliphatic heterocycles. The highest BCUT2D eigenvalue weighted by molar-refractivity contribution is 14.0. The maximum absolute atomic E-state index is 5.44. The number of hydrogen-bond acceptors (Lipinski definition) is 4. The first kappa shape index (κ1) is 20.6. The van der Waals surface area contributed by atoms with Crippen molar-refractivity contribution in [2.75, 3.05) is 40.4 Å². The summed E-state index contributed by atoms with van der Waals surface area (Å²) in [4.78, 5) is 12.6. The Morgan fingerprint density at radius 2 is 2.30 bits per heavy atom. The molecule has 1 saturated heterocycles. The lowest BCUT2D eigenvalue weighted by Crippen LogP contribution is -2.42. The Balaban J connectivity index is 0.00000264. The molecule has 0 saturated carbocycles. The van der Waals surface area contributed by atoms with Gasteiger partial charge < -0.3 is 15.0 Å². The zero-order valence-electron chi connectivity index (χ0n) is 14.6. The molecule has 0 radical (unpaired) electrons. The van der Waals surface area contributed by atoms with Gasteiger partial charge in [-0.2, -0.15) is 0 Å². The average molecular weight is 452 g/mol. The van der Waals surface area contributed by atoms with Crippen molar-refractivity contribution in [3.63, 3.8) is 0 Å². The molecular formula is C16H29IN4OS. The van der Waals surface area contributed by atoms with Crippen LogP contribution in [0.5, 0.6) is 0 Å². The monoisotopic (exact) mass is 452 g/mol. The summed E-state index contributed by atoms with van der Waals surface area (Å²) in [5, 5.41) is 4.65. The molecule has 1 N–H and O–H groups in total. The van der Waals surface area contributed by atoms with E-state index >= 15 is 0 Å². The number of hydrogen-bond donors (Lipinski definition) is 1. The van der Waals surface area contributed by atoms with Crippen molar-refractivity contribution in [3.05, 3.63) is 15.6 Å². The van der Waals surface area contributed by atoms with Gasteiger partial charge in [-0.1, -0.05) is 6.92 Å². The van der Waals surface area contributed by atoms with Gasteiger partial charge in [-0.25, -0.2) is 4.98 Å². The van der Waals surface area contributed by atoms with Gasteiger partial charge in [0.05, 0.1) is 17.3 Å². The van der Waals surface area contributed by atoms with Gasteiger partial charge in [0.25, 0.3) is 0 Å². The van der Waals surface area contributed by atoms with Crippen LogP contribution in [0.25, 0.3) is 0 Å². The predicted octanol–water partition coefficient (Wildman–Crippen LogP) is 2.72. The van der Waals surface area contributed by atoms with E-state index in [4.69, 9.17) is 4.74 Å². The molecule has 1 aliphatic rings. The van der Waals surface area contributed by atoms with Crippen molar-refractivity contribution < 1.29 is 4.74 Å². The molecule has 132 valence electrons. The lowest BCUT2D eigenvalue weighted by atomic mass is 10.1. The largest absolute Gasteiger partial charge is 0.381 e. The summed E-state index contributed by atoms with van der Waals surface area (Å²) >= 11 is 1.81. The highest BCUT2D eigenvalue weighted by Gasteiger charge is 2.19. The number of nitrogens with zero attached hydrogens (tertiary/aromatic N) is 3. The van der Waals surface area contributed by atoms with Crippen LogP contribution in [0.15, 0.2) is 4.99 Å². The molecule has 2 heterocycles. The van der Waals surface area contributed by atoms with Gasteiger partial charge in [0.2, 0.25) is 0 Å². The molecule has 7 heteroatoms. The molecule has 0 aromatic carbocycles. The Morgan fingerprint density at radius 1 is 1.52 bits per heavy atom. The van der Waals surface area contributed by atoms with Crippen LogP contribution in [0.1, 0.15) is 28.9 Å². The van der Waals surface area contributed by atoms with E-state index in [1.807, 2.05) is 18.4 Å². The van der Waals surface area contributed by atoms with Crippen LogP contribution in [0, 0.1) is 12.8 Å². The third kappa shape index (κ3) is 6.19. The summed E-state index contributed by atoms with van der Waals surface area (Å²) in [6.07, 6.45) is 3.12. The van der Waals surface area contributed by atoms with Gasteiger partial charge in [-0.3, -0.25) is 4.99 Å². The first-order chi connectivity index (χ1) is 10.6. The van der Waals surface area contributed by atoms with Crippen molar-refractivity contribution in [1.82, 2.24) is 15.2 Å². The lowest BCUT2D eigenvalue weighted by molar-refractivity contribution is 0.181. The van der Waals surface area contributed by atoms with Gasteiger partial charge in [0.15, 0.2) is 5.96 Å². The quantitative estimate of drug-likeness (QED) is 0.410. The number of aromatic nitrogens is 1. The number of aryl methyl sites for hydroxylation is 2. The fourth-order valence-electron chi connectivity index (χ4n) is 2.79. The molecule has 23 heavy (non-hydrogen) atoms. The number of halogens is 1. The highest BCUT2D eigenvalue weighted by atomic mass is 127. The van der Waals surface area contributed by atoms with Crippen molar-refractivity contribution in [2.24, 2.45) is 10.9 Å². The standard InChI is InChI=1S/C16H28N4OS.HI/c1-5-14-12(2)22-15(19-14)6-8-18-16(17-3)20(4)10-13-7-9-21-11-13;/h13H,5-11H2,1-4H3,(H,17,18);1H. The minimum Gasteiger partial charge on any atom is -0.381 e. The maximum Gasteiger partial charge on any atom is 0.193 e. The normalized spacial score (nSPS) is 17.9. The highest BCUT2D eigenvalue weighted by Crippen LogP contribution is 2.18. The van der Waals surface area contributed by atoms with E-state index < -0.39 is 0 Å². The Bertz CT molecular complexity index is 500. The van der Waals surface area contributed by atoms with E-state index in [9.17, 15) is 0 Å². The van der Waals surface area contributed by atoms with Gasteiger partial charge in [-0.15, -0.1) is 35.3 Å². The molecule has 0 bridgehead atoms. The number of aliphatic imine (C=N–C) groups is 1. The van der Waals surface area contributed by atoms with Gasteiger partial charge >= 0.3 is 0 Å². The summed E-state index contributed by atoms with van der Waals surface area (Å²) in [5.74, 6) is 1.58. The maximum atomic E-state index is 5.44. The lowest BCUT2D eigenvalue weighted by Gasteiger charge is -2.24. The molecule has 1 aromatic heterocycles. The Kier molecular flexibility index (Phi) is 9.38. The van der Waals surface area contributed by atoms with Crippen LogP contribution in [0.3, 0.4) is 0 Å². The van der Waals surface area contributed by atoms with Crippen LogP contribution < -0.4 is 5.32 Å². The Labute approximate surface area is 160 Å². The number of guanidine groups is 1. The van der Waals surface area contributed by atoms with Gasteiger partial charge in [0.1, 0.15) is 0 Å². The van der Waals surface area contributed by atoms with Crippen molar-refractivity contribution >= 4 is 41.3 Å². The SMILES string of the molecule is CCc1nc(CCNC(=NC)N(C)CC2CCOC2)sc1C.I. The second-order valence-corrected chi connectivity index (χ2v) is 7.09. The topological polar surface area (TPSA) is 49.8 Å². The zero-order chi connectivity index (χ0) is 15.9. The van der Waals surface area contributed by atoms with Crippen LogP contribution in [-0.2, 0) is 17.6 Å². The molecule has 1 aromatic rings. The minimum absolute atomic E-state index is 0. The van der Waals surface area contributed by atoms with E-state index in [2.05, 4.69) is 41.1 Å². The van der Waals surface area contributed by atoms with Crippen molar-refractivity contribution in [2.45, 2.75) is 33.1 Å². The molecule has 1 fully saturated rings. The summed E-state index contributed by atoms with van der Waals surface area (Å²) in [5.41, 5.74) is 1.24. The fourth-order valence-corrected chi connectivity index (χ4v) is 3.81. The number of thiazole rings is 1. The molecule has 0 spiro atoms. The number of rotatable bonds is 6. The molecule has 1 unspecified atom stereocenters. The Morgan fingerprint density at radius 3 is 2.87 bits per heavy atom. The van der Waals surface area contributed by atoms with Crippen LogP contribution in [0.4, 0.5) is 0 Å². The zero-order valence-corrected chi connectivity index (χ0v) is 17.7. The molecule has 2 rings (SSSR count). The van der Waals surface area contributed by atoms with E-state index in [1.165, 1.54) is 15.6 Å². The molecule has 0 amide bonds. The number of nitrogens with one attached hydrogen (secondary N) is 1. The van der Waals surface area contributed by atoms with Crippen molar-refractivity contribution in [3.8, 4) is 0 Å². The summed E-state index contributed by atoms with van der Waals surface area (Å²) in [7, 11) is 3.93. The van der Waals surface area contributed by atoms with E-state index in [0.29, 0.717) is 5.92 Å². The van der Waals surface area contributed by atoms with Gasteiger partial charge in [-0.05, 0) is 19.8 Å². The van der Waals surface area contributed by atoms with Crippen molar-refractivity contribution in [1.29, 1.82) is 0 Å². The number of ether oxygens (including phenoxy) is 1. The van der Waals surface area contributed by atoms with Crippen LogP contribution in [0.2, 0.25) is 0 Å². The summed E-state index contributed by atoms with van der Waals surface area (Å²) in [6.45, 7) is 7.95. The molecule has 0 aliphatic carbocycles. The van der Waals surface area contributed by atoms with E-state index in [0.717, 1.165) is 51.5 Å². The third-order valence-electron chi connectivity index (χ3n) is 4.02. The molecular weight excluding hydrogens is 423 g/mol. The van der Waals surface area contributed by atoms with Crippen LogP contribution >= 0.6 is 35.3 Å². The second kappa shape index (κ2) is 10.5. The average Bonchev–Trinajstić information content (AvgIpc) is 3.13. The Hall–Kier alpha value is -0.410. The predicted molar refractivity (Wildman–Crippen MR) is 108 cm³/mol. The minimum atomic E-state index is 0. The summed E-state index contributed by atoms with van der Waals surface area (Å²) in [6, 6.07) is 0.